The van der Waals surface area contributed by atoms with Crippen LogP contribution in [0.2, 0.25) is 0 Å². The summed E-state index contributed by atoms with van der Waals surface area (Å²) in [5.41, 5.74) is 0.622. The van der Waals surface area contributed by atoms with Crippen LogP contribution in [0.25, 0.3) is 0 Å². The molecule has 0 aliphatic carbocycles. The number of nitrogens with zero attached hydrogens (tertiary/aromatic N) is 3. The Morgan fingerprint density at radius 3 is 2.89 bits per heavy atom. The van der Waals surface area contributed by atoms with Gasteiger partial charge < -0.3 is 4.74 Å². The highest BCUT2D eigenvalue weighted by atomic mass is 35.5. The number of aromatic nitrogens is 3. The molecule has 1 aromatic heterocycles. The fourth-order valence-electron chi connectivity index (χ4n) is 1.74. The summed E-state index contributed by atoms with van der Waals surface area (Å²) >= 11 is 5.77. The zero-order chi connectivity index (χ0) is 13.8. The lowest BCUT2D eigenvalue weighted by molar-refractivity contribution is 0.280. The standard InChI is InChI=1S/C13H15ClFN3O/c1-9(2)18-13(16-8-17-18)7-19-12-4-3-11(15)5-10(12)6-14/h3-5,8-9H,6-7H2,1-2H3. The van der Waals surface area contributed by atoms with Gasteiger partial charge in [-0.15, -0.1) is 11.6 Å². The predicted molar refractivity (Wildman–Crippen MR) is 70.7 cm³/mol. The fraction of sp³-hybridized carbons (Fsp3) is 0.385. The van der Waals surface area contributed by atoms with Crippen LogP contribution in [0.15, 0.2) is 24.5 Å². The SMILES string of the molecule is CC(C)n1ncnc1COc1ccc(F)cc1CCl. The number of halogens is 2. The molecule has 0 aliphatic heterocycles. The summed E-state index contributed by atoms with van der Waals surface area (Å²) in [5, 5.41) is 4.12. The van der Waals surface area contributed by atoms with Gasteiger partial charge in [-0.1, -0.05) is 0 Å². The quantitative estimate of drug-likeness (QED) is 0.790. The molecular weight excluding hydrogens is 269 g/mol. The van der Waals surface area contributed by atoms with Gasteiger partial charge in [-0.2, -0.15) is 5.10 Å². The molecule has 0 saturated heterocycles. The second kappa shape index (κ2) is 6.02. The summed E-state index contributed by atoms with van der Waals surface area (Å²) in [7, 11) is 0. The van der Waals surface area contributed by atoms with Crippen LogP contribution in [0, 0.1) is 5.82 Å². The first-order valence-corrected chi connectivity index (χ1v) is 6.51. The largest absolute Gasteiger partial charge is 0.485 e. The van der Waals surface area contributed by atoms with Crippen LogP contribution in [0.1, 0.15) is 31.3 Å². The minimum absolute atomic E-state index is 0.198. The highest BCUT2D eigenvalue weighted by Crippen LogP contribution is 2.22. The molecule has 0 radical (unpaired) electrons. The molecule has 0 spiro atoms. The van der Waals surface area contributed by atoms with Gasteiger partial charge in [-0.25, -0.2) is 14.1 Å². The van der Waals surface area contributed by atoms with Gasteiger partial charge in [0.05, 0.1) is 5.88 Å². The van der Waals surface area contributed by atoms with Crippen LogP contribution in [-0.4, -0.2) is 14.8 Å². The van der Waals surface area contributed by atoms with E-state index < -0.39 is 0 Å². The van der Waals surface area contributed by atoms with E-state index in [1.807, 2.05) is 13.8 Å². The van der Waals surface area contributed by atoms with Crippen molar-refractivity contribution in [1.82, 2.24) is 14.8 Å². The molecule has 6 heteroatoms. The lowest BCUT2D eigenvalue weighted by Gasteiger charge is -2.12. The number of ether oxygens (including phenoxy) is 1. The van der Waals surface area contributed by atoms with E-state index in [1.54, 1.807) is 10.7 Å². The Morgan fingerprint density at radius 1 is 1.42 bits per heavy atom. The van der Waals surface area contributed by atoms with Gasteiger partial charge in [-0.3, -0.25) is 0 Å². The van der Waals surface area contributed by atoms with Gasteiger partial charge >= 0.3 is 0 Å². The van der Waals surface area contributed by atoms with Crippen molar-refractivity contribution in [3.8, 4) is 5.75 Å². The number of benzene rings is 1. The minimum Gasteiger partial charge on any atom is -0.485 e. The fourth-order valence-corrected chi connectivity index (χ4v) is 1.95. The molecule has 4 nitrogen and oxygen atoms in total. The molecule has 0 aliphatic rings. The van der Waals surface area contributed by atoms with Crippen LogP contribution in [0.4, 0.5) is 4.39 Å². The van der Waals surface area contributed by atoms with Crippen LogP contribution in [0.5, 0.6) is 5.75 Å². The highest BCUT2D eigenvalue weighted by molar-refractivity contribution is 6.17. The second-order valence-corrected chi connectivity index (χ2v) is 4.66. The molecule has 0 saturated carbocycles. The summed E-state index contributed by atoms with van der Waals surface area (Å²) in [6, 6.07) is 4.50. The molecule has 2 rings (SSSR count). The molecule has 102 valence electrons. The van der Waals surface area contributed by atoms with Gasteiger partial charge in [0.1, 0.15) is 24.5 Å². The topological polar surface area (TPSA) is 39.9 Å². The van der Waals surface area contributed by atoms with Gasteiger partial charge in [0.15, 0.2) is 5.82 Å². The van der Waals surface area contributed by atoms with E-state index in [2.05, 4.69) is 10.1 Å². The monoisotopic (exact) mass is 283 g/mol. The number of hydrogen-bond acceptors (Lipinski definition) is 3. The van der Waals surface area contributed by atoms with Gasteiger partial charge in [0, 0.05) is 11.6 Å². The molecule has 19 heavy (non-hydrogen) atoms. The van der Waals surface area contributed by atoms with Crippen molar-refractivity contribution in [3.63, 3.8) is 0 Å². The van der Waals surface area contributed by atoms with Crippen LogP contribution < -0.4 is 4.74 Å². The summed E-state index contributed by atoms with van der Waals surface area (Å²) in [6.07, 6.45) is 1.49. The Kier molecular flexibility index (Phi) is 4.37. The molecule has 0 N–H and O–H groups in total. The number of hydrogen-bond donors (Lipinski definition) is 0. The highest BCUT2D eigenvalue weighted by Gasteiger charge is 2.10. The Labute approximate surface area is 116 Å². The van der Waals surface area contributed by atoms with Crippen LogP contribution in [-0.2, 0) is 12.5 Å². The third-order valence-corrected chi connectivity index (χ3v) is 2.95. The molecule has 1 heterocycles. The average Bonchev–Trinajstić information content (AvgIpc) is 2.85. The van der Waals surface area contributed by atoms with Crippen molar-refractivity contribution in [2.45, 2.75) is 32.4 Å². The summed E-state index contributed by atoms with van der Waals surface area (Å²) in [5.74, 6) is 1.16. The Hall–Kier alpha value is -1.62. The van der Waals surface area contributed by atoms with E-state index in [9.17, 15) is 4.39 Å². The van der Waals surface area contributed by atoms with E-state index in [0.29, 0.717) is 11.3 Å². The van der Waals surface area contributed by atoms with Gasteiger partial charge in [0.25, 0.3) is 0 Å². The van der Waals surface area contributed by atoms with Gasteiger partial charge in [-0.05, 0) is 32.0 Å². The van der Waals surface area contributed by atoms with Crippen molar-refractivity contribution in [3.05, 3.63) is 41.7 Å². The number of alkyl halides is 1. The molecule has 0 atom stereocenters. The Morgan fingerprint density at radius 2 is 2.21 bits per heavy atom. The summed E-state index contributed by atoms with van der Waals surface area (Å²) < 4.78 is 20.5. The van der Waals surface area contributed by atoms with E-state index in [4.69, 9.17) is 16.3 Å². The van der Waals surface area contributed by atoms with Crippen molar-refractivity contribution in [1.29, 1.82) is 0 Å². The van der Waals surface area contributed by atoms with Crippen molar-refractivity contribution in [2.75, 3.05) is 0 Å². The zero-order valence-corrected chi connectivity index (χ0v) is 11.6. The Balaban J connectivity index is 2.12. The molecule has 0 fully saturated rings. The maximum Gasteiger partial charge on any atom is 0.165 e. The van der Waals surface area contributed by atoms with E-state index in [0.717, 1.165) is 5.82 Å². The van der Waals surface area contributed by atoms with Crippen LogP contribution in [0.3, 0.4) is 0 Å². The predicted octanol–water partition coefficient (Wildman–Crippen LogP) is 3.32. The zero-order valence-electron chi connectivity index (χ0n) is 10.8. The van der Waals surface area contributed by atoms with E-state index >= 15 is 0 Å². The van der Waals surface area contributed by atoms with Gasteiger partial charge in [0.2, 0.25) is 0 Å². The lowest BCUT2D eigenvalue weighted by Crippen LogP contribution is -2.11. The first-order chi connectivity index (χ1) is 9.11. The first-order valence-electron chi connectivity index (χ1n) is 5.97. The molecule has 0 bridgehead atoms. The van der Waals surface area contributed by atoms with E-state index in [1.165, 1.54) is 18.5 Å². The third-order valence-electron chi connectivity index (χ3n) is 2.66. The molecular formula is C13H15ClFN3O. The normalized spacial score (nSPS) is 11.0. The summed E-state index contributed by atoms with van der Waals surface area (Å²) in [4.78, 5) is 4.15. The lowest BCUT2D eigenvalue weighted by atomic mass is 10.2. The van der Waals surface area contributed by atoms with Crippen molar-refractivity contribution < 1.29 is 9.13 Å². The second-order valence-electron chi connectivity index (χ2n) is 4.39. The first kappa shape index (κ1) is 13.8. The number of rotatable bonds is 5. The summed E-state index contributed by atoms with van der Waals surface area (Å²) in [6.45, 7) is 4.30. The van der Waals surface area contributed by atoms with Crippen molar-refractivity contribution >= 4 is 11.6 Å². The molecule has 1 aromatic carbocycles. The Bertz CT molecular complexity index is 557. The molecule has 0 amide bonds. The average molecular weight is 284 g/mol. The molecule has 2 aromatic rings. The van der Waals surface area contributed by atoms with E-state index in [-0.39, 0.29) is 24.3 Å². The molecule has 0 unspecified atom stereocenters. The maximum atomic E-state index is 13.1. The minimum atomic E-state index is -0.326. The van der Waals surface area contributed by atoms with Crippen molar-refractivity contribution in [2.24, 2.45) is 0 Å². The smallest absolute Gasteiger partial charge is 0.165 e. The van der Waals surface area contributed by atoms with Crippen LogP contribution >= 0.6 is 11.6 Å². The maximum absolute atomic E-state index is 13.1. The third kappa shape index (κ3) is 3.23.